The predicted octanol–water partition coefficient (Wildman–Crippen LogP) is 4.67. The van der Waals surface area contributed by atoms with Gasteiger partial charge in [-0.3, -0.25) is 0 Å². The van der Waals surface area contributed by atoms with E-state index in [0.29, 0.717) is 37.0 Å². The number of hydrogen-bond acceptors (Lipinski definition) is 5. The molecular formula is C22H32N2O3. The Morgan fingerprint density at radius 2 is 1.56 bits per heavy atom. The summed E-state index contributed by atoms with van der Waals surface area (Å²) in [5, 5.41) is 0. The molecule has 0 saturated heterocycles. The monoisotopic (exact) mass is 372 g/mol. The highest BCUT2D eigenvalue weighted by molar-refractivity contribution is 5.80. The standard InChI is InChI=1S/C22H32N2O3/c1-4-6-7-17-15-16(8-10-19(17)23)18-9-11-20(24)22(26-12-5-2)21(18)27-14-13-25-3/h8-11,15H,4-7,12-14,23-24H2,1-3H3. The zero-order chi connectivity index (χ0) is 19.6. The van der Waals surface area contributed by atoms with Crippen LogP contribution in [0, 0.1) is 0 Å². The lowest BCUT2D eigenvalue weighted by Gasteiger charge is -2.19. The Kier molecular flexibility index (Phi) is 8.27. The number of nitrogen functional groups attached to an aromatic ring is 2. The minimum atomic E-state index is 0.424. The summed E-state index contributed by atoms with van der Waals surface area (Å²) in [7, 11) is 1.65. The van der Waals surface area contributed by atoms with Gasteiger partial charge in [-0.05, 0) is 54.7 Å². The lowest BCUT2D eigenvalue weighted by atomic mass is 9.97. The first-order valence-corrected chi connectivity index (χ1v) is 9.68. The summed E-state index contributed by atoms with van der Waals surface area (Å²) in [5.41, 5.74) is 16.9. The van der Waals surface area contributed by atoms with Crippen molar-refractivity contribution in [2.24, 2.45) is 0 Å². The second-order valence-corrected chi connectivity index (χ2v) is 6.57. The third-order valence-corrected chi connectivity index (χ3v) is 4.38. The van der Waals surface area contributed by atoms with Crippen LogP contribution in [0.1, 0.15) is 38.7 Å². The van der Waals surface area contributed by atoms with Crippen LogP contribution < -0.4 is 20.9 Å². The van der Waals surface area contributed by atoms with E-state index in [4.69, 9.17) is 25.7 Å². The fourth-order valence-corrected chi connectivity index (χ4v) is 2.89. The molecule has 0 atom stereocenters. The maximum Gasteiger partial charge on any atom is 0.184 e. The molecule has 0 aliphatic rings. The van der Waals surface area contributed by atoms with Gasteiger partial charge in [-0.2, -0.15) is 0 Å². The lowest BCUT2D eigenvalue weighted by molar-refractivity contribution is 0.143. The molecule has 0 radical (unpaired) electrons. The van der Waals surface area contributed by atoms with Gasteiger partial charge in [-0.1, -0.05) is 26.3 Å². The van der Waals surface area contributed by atoms with E-state index < -0.39 is 0 Å². The Hall–Kier alpha value is -2.40. The van der Waals surface area contributed by atoms with E-state index in [0.717, 1.165) is 48.1 Å². The van der Waals surface area contributed by atoms with Crippen LogP contribution in [0.2, 0.25) is 0 Å². The van der Waals surface area contributed by atoms with E-state index in [1.54, 1.807) is 7.11 Å². The van der Waals surface area contributed by atoms with Crippen molar-refractivity contribution in [3.8, 4) is 22.6 Å². The highest BCUT2D eigenvalue weighted by Gasteiger charge is 2.17. The maximum atomic E-state index is 6.18. The van der Waals surface area contributed by atoms with Crippen molar-refractivity contribution in [2.75, 3.05) is 38.4 Å². The molecular weight excluding hydrogens is 340 g/mol. The average molecular weight is 373 g/mol. The van der Waals surface area contributed by atoms with Crippen molar-refractivity contribution in [2.45, 2.75) is 39.5 Å². The van der Waals surface area contributed by atoms with Crippen LogP contribution in [0.15, 0.2) is 30.3 Å². The molecule has 0 fully saturated rings. The van der Waals surface area contributed by atoms with Gasteiger partial charge in [0.15, 0.2) is 11.5 Å². The average Bonchev–Trinajstić information content (AvgIpc) is 2.67. The van der Waals surface area contributed by atoms with Crippen molar-refractivity contribution in [1.29, 1.82) is 0 Å². The number of aryl methyl sites for hydroxylation is 1. The van der Waals surface area contributed by atoms with E-state index in [9.17, 15) is 0 Å². The molecule has 4 N–H and O–H groups in total. The summed E-state index contributed by atoms with van der Waals surface area (Å²) in [6.07, 6.45) is 4.10. The Morgan fingerprint density at radius 1 is 0.815 bits per heavy atom. The molecule has 5 heteroatoms. The molecule has 0 saturated carbocycles. The molecule has 2 aromatic carbocycles. The van der Waals surface area contributed by atoms with E-state index in [-0.39, 0.29) is 0 Å². The number of rotatable bonds is 11. The van der Waals surface area contributed by atoms with Crippen LogP contribution in [0.4, 0.5) is 11.4 Å². The number of ether oxygens (including phenoxy) is 3. The Labute approximate surface area is 162 Å². The van der Waals surface area contributed by atoms with Gasteiger partial charge in [-0.25, -0.2) is 0 Å². The van der Waals surface area contributed by atoms with Crippen LogP contribution in [-0.2, 0) is 11.2 Å². The Bertz CT molecular complexity index is 732. The third kappa shape index (κ3) is 5.54. The van der Waals surface area contributed by atoms with Gasteiger partial charge in [0.1, 0.15) is 6.61 Å². The molecule has 2 aromatic rings. The van der Waals surface area contributed by atoms with Crippen LogP contribution in [0.3, 0.4) is 0 Å². The quantitative estimate of drug-likeness (QED) is 0.442. The molecule has 0 aliphatic carbocycles. The molecule has 0 bridgehead atoms. The predicted molar refractivity (Wildman–Crippen MR) is 112 cm³/mol. The molecule has 148 valence electrons. The van der Waals surface area contributed by atoms with E-state index >= 15 is 0 Å². The first-order valence-electron chi connectivity index (χ1n) is 9.68. The highest BCUT2D eigenvalue weighted by Crippen LogP contribution is 2.43. The van der Waals surface area contributed by atoms with Gasteiger partial charge in [0.25, 0.3) is 0 Å². The number of benzene rings is 2. The number of anilines is 2. The molecule has 0 spiro atoms. The molecule has 0 unspecified atom stereocenters. The summed E-state index contributed by atoms with van der Waals surface area (Å²) < 4.78 is 17.1. The first-order chi connectivity index (χ1) is 13.1. The summed E-state index contributed by atoms with van der Waals surface area (Å²) in [6.45, 7) is 5.74. The number of hydrogen-bond donors (Lipinski definition) is 2. The van der Waals surface area contributed by atoms with Gasteiger partial charge < -0.3 is 25.7 Å². The normalized spacial score (nSPS) is 10.8. The van der Waals surface area contributed by atoms with Gasteiger partial charge in [0, 0.05) is 18.4 Å². The molecule has 2 rings (SSSR count). The van der Waals surface area contributed by atoms with Gasteiger partial charge in [0.05, 0.1) is 18.9 Å². The van der Waals surface area contributed by atoms with Crippen LogP contribution in [0.5, 0.6) is 11.5 Å². The molecule has 0 amide bonds. The Balaban J connectivity index is 2.47. The molecule has 0 heterocycles. The summed E-state index contributed by atoms with van der Waals surface area (Å²) in [6, 6.07) is 9.96. The highest BCUT2D eigenvalue weighted by atomic mass is 16.5. The van der Waals surface area contributed by atoms with Crippen LogP contribution in [-0.4, -0.2) is 26.9 Å². The second kappa shape index (κ2) is 10.7. The largest absolute Gasteiger partial charge is 0.488 e. The Morgan fingerprint density at radius 3 is 2.26 bits per heavy atom. The minimum Gasteiger partial charge on any atom is -0.488 e. The van der Waals surface area contributed by atoms with Crippen LogP contribution in [0.25, 0.3) is 11.1 Å². The smallest absolute Gasteiger partial charge is 0.184 e. The second-order valence-electron chi connectivity index (χ2n) is 6.57. The van der Waals surface area contributed by atoms with E-state index in [1.807, 2.05) is 24.3 Å². The topological polar surface area (TPSA) is 79.7 Å². The molecule has 27 heavy (non-hydrogen) atoms. The van der Waals surface area contributed by atoms with Gasteiger partial charge in [0.2, 0.25) is 0 Å². The zero-order valence-corrected chi connectivity index (χ0v) is 16.7. The van der Waals surface area contributed by atoms with Crippen molar-refractivity contribution >= 4 is 11.4 Å². The van der Waals surface area contributed by atoms with Crippen molar-refractivity contribution in [1.82, 2.24) is 0 Å². The summed E-state index contributed by atoms with van der Waals surface area (Å²) in [5.74, 6) is 1.25. The van der Waals surface area contributed by atoms with E-state index in [2.05, 4.69) is 19.9 Å². The fraction of sp³-hybridized carbons (Fsp3) is 0.455. The number of unbranched alkanes of at least 4 members (excludes halogenated alkanes) is 1. The van der Waals surface area contributed by atoms with Crippen molar-refractivity contribution in [3.05, 3.63) is 35.9 Å². The zero-order valence-electron chi connectivity index (χ0n) is 16.7. The summed E-state index contributed by atoms with van der Waals surface area (Å²) in [4.78, 5) is 0. The molecule has 0 aliphatic heterocycles. The SMILES string of the molecule is CCCCc1cc(-c2ccc(N)c(OCCC)c2OCCOC)ccc1N. The maximum absolute atomic E-state index is 6.18. The molecule has 5 nitrogen and oxygen atoms in total. The lowest BCUT2D eigenvalue weighted by Crippen LogP contribution is -2.09. The number of methoxy groups -OCH3 is 1. The van der Waals surface area contributed by atoms with Crippen molar-refractivity contribution in [3.63, 3.8) is 0 Å². The summed E-state index contributed by atoms with van der Waals surface area (Å²) >= 11 is 0. The minimum absolute atomic E-state index is 0.424. The fourth-order valence-electron chi connectivity index (χ4n) is 2.89. The van der Waals surface area contributed by atoms with Crippen molar-refractivity contribution < 1.29 is 14.2 Å². The van der Waals surface area contributed by atoms with Crippen LogP contribution >= 0.6 is 0 Å². The van der Waals surface area contributed by atoms with E-state index in [1.165, 1.54) is 0 Å². The van der Waals surface area contributed by atoms with Gasteiger partial charge >= 0.3 is 0 Å². The third-order valence-electron chi connectivity index (χ3n) is 4.38. The first kappa shape index (κ1) is 20.9. The molecule has 0 aromatic heterocycles. The number of nitrogens with two attached hydrogens (primary N) is 2. The van der Waals surface area contributed by atoms with Gasteiger partial charge in [-0.15, -0.1) is 0 Å².